The molecule has 2 aliphatic rings. The molecule has 1 aromatic heterocycles. The minimum Gasteiger partial charge on any atom is -0.395 e. The van der Waals surface area contributed by atoms with Gasteiger partial charge in [0, 0.05) is 24.7 Å². The van der Waals surface area contributed by atoms with Crippen LogP contribution in [0.25, 0.3) is 0 Å². The summed E-state index contributed by atoms with van der Waals surface area (Å²) in [7, 11) is 0. The number of benzene rings is 1. The van der Waals surface area contributed by atoms with Crippen LogP contribution >= 0.6 is 0 Å². The molecule has 1 saturated heterocycles. The van der Waals surface area contributed by atoms with Gasteiger partial charge in [-0.3, -0.25) is 9.48 Å². The molecule has 2 aromatic rings. The van der Waals surface area contributed by atoms with Crippen molar-refractivity contribution in [1.82, 2.24) is 14.7 Å². The average Bonchev–Trinajstić information content (AvgIpc) is 3.25. The number of piperidine rings is 1. The number of likely N-dealkylation sites (tertiary alicyclic amines) is 1. The zero-order chi connectivity index (χ0) is 18.7. The van der Waals surface area contributed by atoms with Gasteiger partial charge >= 0.3 is 0 Å². The first-order valence-electron chi connectivity index (χ1n) is 10.2. The third kappa shape index (κ3) is 3.65. The number of carbonyl (C=O) groups excluding carboxylic acids is 1. The Hall–Kier alpha value is -2.14. The second-order valence-electron chi connectivity index (χ2n) is 8.11. The second kappa shape index (κ2) is 7.85. The van der Waals surface area contributed by atoms with Gasteiger partial charge in [-0.05, 0) is 37.3 Å². The maximum absolute atomic E-state index is 13.1. The van der Waals surface area contributed by atoms with Crippen molar-refractivity contribution >= 4 is 5.91 Å². The quantitative estimate of drug-likeness (QED) is 0.899. The normalized spacial score (nSPS) is 24.1. The molecule has 1 aliphatic heterocycles. The summed E-state index contributed by atoms with van der Waals surface area (Å²) in [5, 5.41) is 14.8. The van der Waals surface area contributed by atoms with E-state index in [0.717, 1.165) is 37.8 Å². The Morgan fingerprint density at radius 2 is 1.89 bits per heavy atom. The fourth-order valence-corrected chi connectivity index (χ4v) is 4.72. The minimum atomic E-state index is -0.374. The van der Waals surface area contributed by atoms with E-state index in [9.17, 15) is 9.90 Å². The van der Waals surface area contributed by atoms with Gasteiger partial charge in [0.05, 0.1) is 12.6 Å². The van der Waals surface area contributed by atoms with E-state index >= 15 is 0 Å². The highest BCUT2D eigenvalue weighted by Crippen LogP contribution is 2.34. The van der Waals surface area contributed by atoms with Crippen LogP contribution in [0.4, 0.5) is 0 Å². The van der Waals surface area contributed by atoms with Gasteiger partial charge in [-0.15, -0.1) is 0 Å². The second-order valence-corrected chi connectivity index (χ2v) is 8.11. The van der Waals surface area contributed by atoms with Crippen molar-refractivity contribution in [2.45, 2.75) is 56.4 Å². The molecule has 2 fully saturated rings. The molecule has 144 valence electrons. The largest absolute Gasteiger partial charge is 0.395 e. The number of rotatable bonds is 4. The molecule has 0 radical (unpaired) electrons. The van der Waals surface area contributed by atoms with Crippen LogP contribution in [0.3, 0.4) is 0 Å². The van der Waals surface area contributed by atoms with E-state index in [-0.39, 0.29) is 17.9 Å². The third-order valence-electron chi connectivity index (χ3n) is 6.33. The van der Waals surface area contributed by atoms with Gasteiger partial charge in [0.25, 0.3) is 5.91 Å². The Kier molecular flexibility index (Phi) is 5.30. The van der Waals surface area contributed by atoms with Crippen LogP contribution in [0, 0.1) is 0 Å². The molecule has 1 aromatic carbocycles. The fraction of sp³-hybridized carbons (Fsp3) is 0.545. The maximum atomic E-state index is 13.1. The van der Waals surface area contributed by atoms with Crippen LogP contribution in [0.2, 0.25) is 0 Å². The lowest BCUT2D eigenvalue weighted by Gasteiger charge is -2.42. The van der Waals surface area contributed by atoms with E-state index in [1.165, 1.54) is 19.3 Å². The number of amides is 1. The number of nitrogens with zero attached hydrogens (tertiary/aromatic N) is 3. The summed E-state index contributed by atoms with van der Waals surface area (Å²) >= 11 is 0. The highest BCUT2D eigenvalue weighted by atomic mass is 16.3. The van der Waals surface area contributed by atoms with Gasteiger partial charge in [-0.1, -0.05) is 49.6 Å². The molecule has 1 unspecified atom stereocenters. The molecule has 0 bridgehead atoms. The molecule has 1 atom stereocenters. The van der Waals surface area contributed by atoms with E-state index < -0.39 is 0 Å². The summed E-state index contributed by atoms with van der Waals surface area (Å²) in [6, 6.07) is 12.4. The van der Waals surface area contributed by atoms with Gasteiger partial charge in [0.15, 0.2) is 0 Å². The highest BCUT2D eigenvalue weighted by Gasteiger charge is 2.38. The van der Waals surface area contributed by atoms with Crippen molar-refractivity contribution in [2.75, 3.05) is 19.7 Å². The molecule has 5 heteroatoms. The number of aromatic nitrogens is 2. The number of carbonyl (C=O) groups is 1. The van der Waals surface area contributed by atoms with Gasteiger partial charge < -0.3 is 10.0 Å². The SMILES string of the molecule is O=C(c1ccn(C2CCCCC2)n1)N1CCCC(CO)(c2ccccc2)C1. The van der Waals surface area contributed by atoms with Crippen LogP contribution in [-0.4, -0.2) is 45.4 Å². The Labute approximate surface area is 161 Å². The van der Waals surface area contributed by atoms with Crippen molar-refractivity contribution in [3.63, 3.8) is 0 Å². The van der Waals surface area contributed by atoms with Gasteiger partial charge in [0.2, 0.25) is 0 Å². The molecular formula is C22H29N3O2. The molecule has 5 nitrogen and oxygen atoms in total. The summed E-state index contributed by atoms with van der Waals surface area (Å²) in [6.45, 7) is 1.32. The van der Waals surface area contributed by atoms with Gasteiger partial charge in [-0.2, -0.15) is 5.10 Å². The van der Waals surface area contributed by atoms with Crippen LogP contribution in [-0.2, 0) is 5.41 Å². The topological polar surface area (TPSA) is 58.4 Å². The maximum Gasteiger partial charge on any atom is 0.274 e. The predicted molar refractivity (Wildman–Crippen MR) is 105 cm³/mol. The summed E-state index contributed by atoms with van der Waals surface area (Å²) in [4.78, 5) is 15.0. The number of hydrogen-bond acceptors (Lipinski definition) is 3. The van der Waals surface area contributed by atoms with Crippen molar-refractivity contribution in [1.29, 1.82) is 0 Å². The van der Waals surface area contributed by atoms with Crippen LogP contribution in [0.5, 0.6) is 0 Å². The number of aliphatic hydroxyl groups excluding tert-OH is 1. The molecular weight excluding hydrogens is 338 g/mol. The molecule has 1 saturated carbocycles. The first kappa shape index (κ1) is 18.2. The first-order chi connectivity index (χ1) is 13.2. The lowest BCUT2D eigenvalue weighted by atomic mass is 9.74. The first-order valence-corrected chi connectivity index (χ1v) is 10.2. The zero-order valence-electron chi connectivity index (χ0n) is 15.9. The standard InChI is InChI=1S/C22H29N3O2/c26-17-22(18-8-3-1-4-9-18)13-7-14-24(16-22)21(27)20-12-15-25(23-20)19-10-5-2-6-11-19/h1,3-4,8-9,12,15,19,26H,2,5-7,10-11,13-14,16-17H2. The van der Waals surface area contributed by atoms with Crippen molar-refractivity contribution in [3.05, 3.63) is 53.9 Å². The van der Waals surface area contributed by atoms with Gasteiger partial charge in [0.1, 0.15) is 5.69 Å². The van der Waals surface area contributed by atoms with Crippen molar-refractivity contribution < 1.29 is 9.90 Å². The van der Waals surface area contributed by atoms with E-state index in [2.05, 4.69) is 17.2 Å². The molecule has 2 heterocycles. The van der Waals surface area contributed by atoms with Crippen LogP contribution < -0.4 is 0 Å². The summed E-state index contributed by atoms with van der Waals surface area (Å²) in [6.07, 6.45) is 9.86. The number of aliphatic hydroxyl groups is 1. The highest BCUT2D eigenvalue weighted by molar-refractivity contribution is 5.92. The third-order valence-corrected chi connectivity index (χ3v) is 6.33. The van der Waals surface area contributed by atoms with Crippen molar-refractivity contribution in [3.8, 4) is 0 Å². The Morgan fingerprint density at radius 1 is 1.11 bits per heavy atom. The lowest BCUT2D eigenvalue weighted by molar-refractivity contribution is 0.0536. The summed E-state index contributed by atoms with van der Waals surface area (Å²) < 4.78 is 1.99. The molecule has 1 aliphatic carbocycles. The summed E-state index contributed by atoms with van der Waals surface area (Å²) in [5.41, 5.74) is 1.27. The average molecular weight is 367 g/mol. The van der Waals surface area contributed by atoms with E-state index in [1.807, 2.05) is 40.0 Å². The van der Waals surface area contributed by atoms with E-state index in [4.69, 9.17) is 0 Å². The smallest absolute Gasteiger partial charge is 0.274 e. The van der Waals surface area contributed by atoms with E-state index in [1.54, 1.807) is 0 Å². The Balaban J connectivity index is 1.51. The van der Waals surface area contributed by atoms with Gasteiger partial charge in [-0.25, -0.2) is 0 Å². The summed E-state index contributed by atoms with van der Waals surface area (Å²) in [5.74, 6) is -0.0157. The molecule has 1 amide bonds. The number of hydrogen-bond donors (Lipinski definition) is 1. The molecule has 0 spiro atoms. The fourth-order valence-electron chi connectivity index (χ4n) is 4.72. The Morgan fingerprint density at radius 3 is 2.63 bits per heavy atom. The zero-order valence-corrected chi connectivity index (χ0v) is 15.9. The van der Waals surface area contributed by atoms with Crippen LogP contribution in [0.15, 0.2) is 42.6 Å². The minimum absolute atomic E-state index is 0.0157. The predicted octanol–water partition coefficient (Wildman–Crippen LogP) is 3.55. The molecule has 4 rings (SSSR count). The Bertz CT molecular complexity index is 767. The monoisotopic (exact) mass is 367 g/mol. The van der Waals surface area contributed by atoms with Crippen LogP contribution in [0.1, 0.15) is 67.0 Å². The molecule has 1 N–H and O–H groups in total. The van der Waals surface area contributed by atoms with Crippen molar-refractivity contribution in [2.24, 2.45) is 0 Å². The molecule has 27 heavy (non-hydrogen) atoms. The van der Waals surface area contributed by atoms with E-state index in [0.29, 0.717) is 18.3 Å². The lowest BCUT2D eigenvalue weighted by Crippen LogP contribution is -2.50.